The number of piperidine rings is 1. The van der Waals surface area contributed by atoms with Crippen LogP contribution in [0.4, 0.5) is 0 Å². The number of para-hydroxylation sites is 1. The summed E-state index contributed by atoms with van der Waals surface area (Å²) in [5, 5.41) is 24.6. The quantitative estimate of drug-likeness (QED) is 0.535. The van der Waals surface area contributed by atoms with Gasteiger partial charge in [0.2, 0.25) is 0 Å². The number of likely N-dealkylation sites (tertiary alicyclic amines) is 1. The van der Waals surface area contributed by atoms with Crippen molar-refractivity contribution in [3.8, 4) is 11.5 Å². The number of nitrogens with one attached hydrogen (secondary N) is 1. The molecule has 1 aromatic heterocycles. The molecule has 2 fully saturated rings. The van der Waals surface area contributed by atoms with E-state index in [-0.39, 0.29) is 30.3 Å². The molecule has 3 aliphatic carbocycles. The number of fused-ring (bicyclic) bond motifs is 4. The number of aromatic nitrogens is 1. The van der Waals surface area contributed by atoms with Gasteiger partial charge in [-0.15, -0.1) is 0 Å². The van der Waals surface area contributed by atoms with E-state index in [4.69, 9.17) is 4.74 Å². The number of aromatic amines is 1. The van der Waals surface area contributed by atoms with E-state index in [9.17, 15) is 10.2 Å². The minimum Gasteiger partial charge on any atom is -1.00 e. The average Bonchev–Trinajstić information content (AvgIpc) is 3.40. The summed E-state index contributed by atoms with van der Waals surface area (Å²) in [6.07, 6.45) is 4.66. The predicted octanol–water partition coefficient (Wildman–Crippen LogP) is 0.577. The molecule has 6 heteroatoms. The van der Waals surface area contributed by atoms with Crippen molar-refractivity contribution in [1.82, 2.24) is 9.88 Å². The summed E-state index contributed by atoms with van der Waals surface area (Å²) < 4.78 is 6.60. The maximum atomic E-state index is 12.7. The third-order valence-corrected chi connectivity index (χ3v) is 9.07. The highest BCUT2D eigenvalue weighted by Gasteiger charge is 2.72. The van der Waals surface area contributed by atoms with Crippen LogP contribution in [0.25, 0.3) is 10.9 Å². The summed E-state index contributed by atoms with van der Waals surface area (Å²) in [4.78, 5) is 6.22. The number of ether oxygens (including phenoxy) is 1. The largest absolute Gasteiger partial charge is 1.00 e. The summed E-state index contributed by atoms with van der Waals surface area (Å²) in [6, 6.07) is 12.3. The maximum Gasteiger partial charge on any atom is 0.166 e. The summed E-state index contributed by atoms with van der Waals surface area (Å²) in [6.45, 7) is 2.07. The van der Waals surface area contributed by atoms with Gasteiger partial charge in [-0.1, -0.05) is 24.3 Å². The number of aromatic hydroxyl groups is 1. The van der Waals surface area contributed by atoms with Crippen molar-refractivity contribution in [3.63, 3.8) is 0 Å². The molecular weight excluding hydrogens is 424 g/mol. The van der Waals surface area contributed by atoms with Gasteiger partial charge in [-0.2, -0.15) is 0 Å². The molecule has 1 spiro atoms. The van der Waals surface area contributed by atoms with Crippen molar-refractivity contribution < 1.29 is 27.4 Å². The topological polar surface area (TPSA) is 68.7 Å². The third-order valence-electron chi connectivity index (χ3n) is 9.07. The van der Waals surface area contributed by atoms with Gasteiger partial charge in [0.25, 0.3) is 0 Å². The molecule has 2 aliphatic heterocycles. The lowest BCUT2D eigenvalue weighted by Gasteiger charge is -2.62. The van der Waals surface area contributed by atoms with Crippen LogP contribution in [0.5, 0.6) is 11.5 Å². The third kappa shape index (κ3) is 2.04. The minimum atomic E-state index is -0.908. The molecule has 2 bridgehead atoms. The second kappa shape index (κ2) is 6.02. The molecule has 166 valence electrons. The van der Waals surface area contributed by atoms with Gasteiger partial charge in [0.15, 0.2) is 17.6 Å². The number of halogens is 1. The second-order valence-corrected chi connectivity index (χ2v) is 10.5. The molecule has 3 N–H and O–H groups in total. The van der Waals surface area contributed by atoms with Crippen LogP contribution in [-0.2, 0) is 18.3 Å². The Kier molecular flexibility index (Phi) is 3.62. The number of phenolic OH excluding ortho intramolecular Hbond substituents is 1. The second-order valence-electron chi connectivity index (χ2n) is 10.5. The molecule has 1 saturated heterocycles. The Bertz CT molecular complexity index is 1280. The van der Waals surface area contributed by atoms with Crippen LogP contribution < -0.4 is 17.1 Å². The lowest BCUT2D eigenvalue weighted by atomic mass is 9.49. The molecule has 3 aromatic rings. The maximum absolute atomic E-state index is 12.7. The summed E-state index contributed by atoms with van der Waals surface area (Å²) in [7, 11) is 0. The van der Waals surface area contributed by atoms with Gasteiger partial charge in [0, 0.05) is 35.5 Å². The van der Waals surface area contributed by atoms with E-state index in [0.717, 1.165) is 48.6 Å². The van der Waals surface area contributed by atoms with Crippen LogP contribution in [0.2, 0.25) is 0 Å². The molecule has 0 radical (unpaired) electrons. The van der Waals surface area contributed by atoms with Crippen LogP contribution in [0.15, 0.2) is 36.4 Å². The van der Waals surface area contributed by atoms with Crippen LogP contribution in [0.1, 0.15) is 47.8 Å². The molecule has 8 rings (SSSR count). The van der Waals surface area contributed by atoms with E-state index < -0.39 is 11.0 Å². The molecule has 0 amide bonds. The van der Waals surface area contributed by atoms with E-state index >= 15 is 0 Å². The van der Waals surface area contributed by atoms with E-state index in [0.29, 0.717) is 12.2 Å². The first-order valence-corrected chi connectivity index (χ1v) is 11.7. The van der Waals surface area contributed by atoms with Gasteiger partial charge in [0.1, 0.15) is 0 Å². The number of hydrogen-bond acceptors (Lipinski definition) is 4. The highest BCUT2D eigenvalue weighted by molar-refractivity contribution is 5.86. The number of hydrogen-bond donors (Lipinski definition) is 3. The number of nitrogens with zero attached hydrogens (tertiary/aromatic N) is 1. The Morgan fingerprint density at radius 1 is 1.16 bits per heavy atom. The van der Waals surface area contributed by atoms with Gasteiger partial charge in [-0.25, -0.2) is 0 Å². The zero-order valence-corrected chi connectivity index (χ0v) is 18.5. The fourth-order valence-corrected chi connectivity index (χ4v) is 7.57. The van der Waals surface area contributed by atoms with E-state index in [2.05, 4.69) is 34.1 Å². The predicted molar refractivity (Wildman–Crippen MR) is 117 cm³/mol. The van der Waals surface area contributed by atoms with Crippen LogP contribution >= 0.6 is 0 Å². The Morgan fingerprint density at radius 2 is 2.00 bits per heavy atom. The van der Waals surface area contributed by atoms with Gasteiger partial charge in [-0.3, -0.25) is 4.90 Å². The lowest BCUT2D eigenvalue weighted by Crippen LogP contribution is -3.00. The SMILES string of the molecule is Oc1ccc2c3c1O[C@H]1c4[nH]c5ccccc5c4C[C@@]4(O)C(C2)N(CC2CC2)CC[C@]314.[Cl-]. The van der Waals surface area contributed by atoms with Gasteiger partial charge in [-0.05, 0) is 61.4 Å². The van der Waals surface area contributed by atoms with E-state index in [1.165, 1.54) is 29.4 Å². The molecule has 5 aliphatic rings. The molecule has 32 heavy (non-hydrogen) atoms. The standard InChI is InChI=1S/C26H26N2O3.ClH/c29-19-8-7-15-11-20-26(30)12-17-16-3-1-2-4-18(16)27-22(17)24-25(26,21(15)23(19)31-24)9-10-28(20)13-14-5-6-14;/h1-4,7-8,14,20,24,27,29-30H,5-6,9-13H2;1H/p-1/t20?,24-,25-,26+;/m0./s1. The van der Waals surface area contributed by atoms with Crippen LogP contribution in [-0.4, -0.2) is 44.8 Å². The number of rotatable bonds is 2. The molecule has 2 aromatic carbocycles. The van der Waals surface area contributed by atoms with Crippen LogP contribution in [0, 0.1) is 5.92 Å². The Hall–Kier alpha value is -2.21. The summed E-state index contributed by atoms with van der Waals surface area (Å²) in [5.74, 6) is 1.58. The smallest absolute Gasteiger partial charge is 0.166 e. The zero-order chi connectivity index (χ0) is 20.5. The molecule has 5 nitrogen and oxygen atoms in total. The van der Waals surface area contributed by atoms with Crippen LogP contribution in [0.3, 0.4) is 0 Å². The van der Waals surface area contributed by atoms with Gasteiger partial charge < -0.3 is 32.3 Å². The first kappa shape index (κ1) is 19.3. The number of phenols is 1. The first-order valence-electron chi connectivity index (χ1n) is 11.7. The Labute approximate surface area is 192 Å². The molecular formula is C26H26ClN2O3-. The fourth-order valence-electron chi connectivity index (χ4n) is 7.57. The van der Waals surface area contributed by atoms with Crippen molar-refractivity contribution in [1.29, 1.82) is 0 Å². The Morgan fingerprint density at radius 3 is 2.84 bits per heavy atom. The summed E-state index contributed by atoms with van der Waals surface area (Å²) >= 11 is 0. The van der Waals surface area contributed by atoms with E-state index in [1.54, 1.807) is 6.07 Å². The lowest BCUT2D eigenvalue weighted by molar-refractivity contribution is -0.173. The molecule has 1 unspecified atom stereocenters. The monoisotopic (exact) mass is 449 g/mol. The van der Waals surface area contributed by atoms with Gasteiger partial charge >= 0.3 is 0 Å². The number of benzene rings is 2. The van der Waals surface area contributed by atoms with Gasteiger partial charge in [0.05, 0.1) is 16.7 Å². The molecule has 4 atom stereocenters. The highest BCUT2D eigenvalue weighted by atomic mass is 35.5. The fraction of sp³-hybridized carbons (Fsp3) is 0.462. The molecule has 1 saturated carbocycles. The highest BCUT2D eigenvalue weighted by Crippen LogP contribution is 2.69. The minimum absolute atomic E-state index is 0. The molecule has 3 heterocycles. The van der Waals surface area contributed by atoms with Crippen molar-refractivity contribution in [2.24, 2.45) is 5.92 Å². The zero-order valence-electron chi connectivity index (χ0n) is 17.8. The van der Waals surface area contributed by atoms with Crippen molar-refractivity contribution >= 4 is 10.9 Å². The first-order chi connectivity index (χ1) is 15.1. The summed E-state index contributed by atoms with van der Waals surface area (Å²) in [5.41, 5.74) is 4.27. The van der Waals surface area contributed by atoms with Crippen molar-refractivity contribution in [2.75, 3.05) is 13.1 Å². The normalized spacial score (nSPS) is 33.9. The number of H-pyrrole nitrogens is 1. The average molecular weight is 450 g/mol. The number of aliphatic hydroxyl groups is 1. The van der Waals surface area contributed by atoms with Crippen molar-refractivity contribution in [2.45, 2.75) is 55.3 Å². The van der Waals surface area contributed by atoms with E-state index in [1.807, 2.05) is 6.07 Å². The Balaban J connectivity index is 0.00000180. The van der Waals surface area contributed by atoms with Crippen molar-refractivity contribution in [3.05, 3.63) is 58.8 Å².